The molecular weight excluding hydrogens is 454 g/mol. The van der Waals surface area contributed by atoms with Crippen molar-refractivity contribution in [2.75, 3.05) is 6.54 Å². The number of aromatic nitrogens is 3. The Balaban J connectivity index is 1.64. The number of thiophene rings is 2. The van der Waals surface area contributed by atoms with Crippen LogP contribution in [0.3, 0.4) is 0 Å². The average Bonchev–Trinajstić information content (AvgIpc) is 3.56. The molecule has 0 radical (unpaired) electrons. The van der Waals surface area contributed by atoms with Gasteiger partial charge in [-0.2, -0.15) is 0 Å². The first kappa shape index (κ1) is 23.1. The van der Waals surface area contributed by atoms with E-state index < -0.39 is 6.04 Å². The highest BCUT2D eigenvalue weighted by molar-refractivity contribution is 7.10. The van der Waals surface area contributed by atoms with Crippen LogP contribution in [-0.4, -0.2) is 38.3 Å². The van der Waals surface area contributed by atoms with E-state index in [0.717, 1.165) is 27.2 Å². The molecular formula is C24H27N5O2S2. The number of nitrogens with one attached hydrogen (secondary N) is 1. The van der Waals surface area contributed by atoms with Gasteiger partial charge in [0.25, 0.3) is 0 Å². The Kier molecular flexibility index (Phi) is 7.51. The normalized spacial score (nSPS) is 12.2. The van der Waals surface area contributed by atoms with Gasteiger partial charge in [0.05, 0.1) is 12.1 Å². The van der Waals surface area contributed by atoms with Crippen LogP contribution in [-0.2, 0) is 22.7 Å². The molecule has 0 unspecified atom stereocenters. The first-order chi connectivity index (χ1) is 16.0. The first-order valence-corrected chi connectivity index (χ1v) is 12.7. The van der Waals surface area contributed by atoms with Crippen molar-refractivity contribution in [3.8, 4) is 0 Å². The largest absolute Gasteiger partial charge is 0.354 e. The predicted molar refractivity (Wildman–Crippen MR) is 132 cm³/mol. The Bertz CT molecular complexity index is 1180. The number of nitrogens with zero attached hydrogens (tertiary/aromatic N) is 4. The van der Waals surface area contributed by atoms with Crippen LogP contribution in [0.15, 0.2) is 59.3 Å². The molecule has 2 amide bonds. The van der Waals surface area contributed by atoms with Gasteiger partial charge in [0, 0.05) is 16.3 Å². The molecule has 4 rings (SSSR count). The molecule has 1 N–H and O–H groups in total. The Morgan fingerprint density at radius 1 is 1.06 bits per heavy atom. The molecule has 0 fully saturated rings. The zero-order valence-corrected chi connectivity index (χ0v) is 20.3. The quantitative estimate of drug-likeness (QED) is 0.362. The third-order valence-electron chi connectivity index (χ3n) is 5.33. The monoisotopic (exact) mass is 481 g/mol. The minimum atomic E-state index is -0.707. The zero-order valence-electron chi connectivity index (χ0n) is 18.7. The Morgan fingerprint density at radius 2 is 1.85 bits per heavy atom. The van der Waals surface area contributed by atoms with Gasteiger partial charge in [0.1, 0.15) is 18.1 Å². The van der Waals surface area contributed by atoms with E-state index in [1.807, 2.05) is 59.3 Å². The van der Waals surface area contributed by atoms with Gasteiger partial charge in [-0.1, -0.05) is 43.3 Å². The third kappa shape index (κ3) is 5.66. The van der Waals surface area contributed by atoms with Crippen LogP contribution < -0.4 is 5.32 Å². The summed E-state index contributed by atoms with van der Waals surface area (Å²) < 4.78 is 1.60. The van der Waals surface area contributed by atoms with Gasteiger partial charge >= 0.3 is 0 Å². The summed E-state index contributed by atoms with van der Waals surface area (Å²) in [7, 11) is 0. The Labute approximate surface area is 201 Å². The number of para-hydroxylation sites is 1. The van der Waals surface area contributed by atoms with Crippen LogP contribution in [0.25, 0.3) is 11.0 Å². The molecule has 7 nitrogen and oxygen atoms in total. The molecule has 9 heteroatoms. The van der Waals surface area contributed by atoms with E-state index in [-0.39, 0.29) is 18.4 Å². The lowest BCUT2D eigenvalue weighted by Crippen LogP contribution is -2.44. The van der Waals surface area contributed by atoms with E-state index in [1.54, 1.807) is 20.9 Å². The van der Waals surface area contributed by atoms with E-state index >= 15 is 0 Å². The topological polar surface area (TPSA) is 80.1 Å². The third-order valence-corrected chi connectivity index (χ3v) is 7.11. The predicted octanol–water partition coefficient (Wildman–Crippen LogP) is 4.49. The number of carbonyl (C=O) groups is 2. The zero-order chi connectivity index (χ0) is 23.2. The van der Waals surface area contributed by atoms with E-state index in [9.17, 15) is 9.59 Å². The highest BCUT2D eigenvalue weighted by atomic mass is 32.1. The van der Waals surface area contributed by atoms with Crippen molar-refractivity contribution in [3.05, 3.63) is 69.0 Å². The minimum absolute atomic E-state index is 0.00698. The minimum Gasteiger partial charge on any atom is -0.354 e. The van der Waals surface area contributed by atoms with Crippen molar-refractivity contribution in [2.24, 2.45) is 5.92 Å². The molecule has 4 aromatic rings. The Morgan fingerprint density at radius 3 is 2.58 bits per heavy atom. The molecule has 1 aromatic carbocycles. The highest BCUT2D eigenvalue weighted by Crippen LogP contribution is 2.29. The van der Waals surface area contributed by atoms with Crippen LogP contribution in [0, 0.1) is 5.92 Å². The molecule has 33 heavy (non-hydrogen) atoms. The van der Waals surface area contributed by atoms with E-state index in [2.05, 4.69) is 29.5 Å². The maximum Gasteiger partial charge on any atom is 0.248 e. The molecule has 3 heterocycles. The maximum atomic E-state index is 13.7. The van der Waals surface area contributed by atoms with Crippen molar-refractivity contribution >= 4 is 45.5 Å². The molecule has 0 saturated heterocycles. The van der Waals surface area contributed by atoms with Crippen LogP contribution >= 0.6 is 22.7 Å². The van der Waals surface area contributed by atoms with Crippen molar-refractivity contribution in [1.82, 2.24) is 25.2 Å². The molecule has 0 aliphatic rings. The SMILES string of the molecule is CC(C)CCNC(=O)[C@H](c1cccs1)N(Cc1cccs1)C(=O)Cn1nnc2ccccc21. The van der Waals surface area contributed by atoms with Crippen LogP contribution in [0.2, 0.25) is 0 Å². The van der Waals surface area contributed by atoms with Crippen LogP contribution in [0.5, 0.6) is 0 Å². The molecule has 1 atom stereocenters. The molecule has 172 valence electrons. The first-order valence-electron chi connectivity index (χ1n) is 10.9. The van der Waals surface area contributed by atoms with E-state index in [4.69, 9.17) is 0 Å². The number of hydrogen-bond acceptors (Lipinski definition) is 6. The van der Waals surface area contributed by atoms with Gasteiger partial charge in [-0.15, -0.1) is 27.8 Å². The second-order valence-electron chi connectivity index (χ2n) is 8.23. The second kappa shape index (κ2) is 10.7. The van der Waals surface area contributed by atoms with Crippen LogP contribution in [0.4, 0.5) is 0 Å². The van der Waals surface area contributed by atoms with Crippen molar-refractivity contribution < 1.29 is 9.59 Å². The standard InChI is InChI=1S/C24H27N5O2S2/c1-17(2)11-12-25-24(31)23(21-10-6-14-33-21)28(15-18-7-5-13-32-18)22(30)16-29-20-9-4-3-8-19(20)26-27-29/h3-10,13-14,17,23H,11-12,15-16H2,1-2H3,(H,25,31)/t23-/m0/s1. The fourth-order valence-corrected chi connectivity index (χ4v) is 5.14. The molecule has 0 aliphatic carbocycles. The number of benzene rings is 1. The fraction of sp³-hybridized carbons (Fsp3) is 0.333. The lowest BCUT2D eigenvalue weighted by atomic mass is 10.1. The van der Waals surface area contributed by atoms with Gasteiger partial charge in [0.15, 0.2) is 0 Å². The average molecular weight is 482 g/mol. The fourth-order valence-electron chi connectivity index (χ4n) is 3.60. The molecule has 3 aromatic heterocycles. The summed E-state index contributed by atoms with van der Waals surface area (Å²) in [4.78, 5) is 30.6. The summed E-state index contributed by atoms with van der Waals surface area (Å²) in [6, 6.07) is 14.6. The van der Waals surface area contributed by atoms with Gasteiger partial charge in [-0.05, 0) is 47.4 Å². The Hall–Kier alpha value is -3.04. The maximum absolute atomic E-state index is 13.7. The lowest BCUT2D eigenvalue weighted by Gasteiger charge is -2.30. The smallest absolute Gasteiger partial charge is 0.248 e. The highest BCUT2D eigenvalue weighted by Gasteiger charge is 2.33. The lowest BCUT2D eigenvalue weighted by molar-refractivity contribution is -0.142. The summed E-state index contributed by atoms with van der Waals surface area (Å²) in [5, 5.41) is 15.3. The van der Waals surface area contributed by atoms with Gasteiger partial charge < -0.3 is 10.2 Å². The summed E-state index contributed by atoms with van der Waals surface area (Å²) in [6.45, 7) is 5.18. The molecule has 0 spiro atoms. The van der Waals surface area contributed by atoms with Crippen molar-refractivity contribution in [3.63, 3.8) is 0 Å². The molecule has 0 saturated carbocycles. The van der Waals surface area contributed by atoms with Gasteiger partial charge in [-0.3, -0.25) is 9.59 Å². The summed E-state index contributed by atoms with van der Waals surface area (Å²) in [6.07, 6.45) is 0.882. The molecule has 0 bridgehead atoms. The van der Waals surface area contributed by atoms with Crippen LogP contribution in [0.1, 0.15) is 36.1 Å². The van der Waals surface area contributed by atoms with E-state index in [0.29, 0.717) is 19.0 Å². The number of hydrogen-bond donors (Lipinski definition) is 1. The van der Waals surface area contributed by atoms with Crippen molar-refractivity contribution in [2.45, 2.75) is 39.4 Å². The number of carbonyl (C=O) groups excluding carboxylic acids is 2. The number of rotatable bonds is 10. The van der Waals surface area contributed by atoms with Gasteiger partial charge in [-0.25, -0.2) is 4.68 Å². The summed E-state index contributed by atoms with van der Waals surface area (Å²) >= 11 is 3.05. The summed E-state index contributed by atoms with van der Waals surface area (Å²) in [5.41, 5.74) is 1.52. The van der Waals surface area contributed by atoms with Gasteiger partial charge in [0.2, 0.25) is 11.8 Å². The second-order valence-corrected chi connectivity index (χ2v) is 10.2. The molecule has 0 aliphatic heterocycles. The van der Waals surface area contributed by atoms with E-state index in [1.165, 1.54) is 11.3 Å². The number of amides is 2. The number of fused-ring (bicyclic) bond motifs is 1. The van der Waals surface area contributed by atoms with Crippen molar-refractivity contribution in [1.29, 1.82) is 0 Å². The summed E-state index contributed by atoms with van der Waals surface area (Å²) in [5.74, 6) is 0.137.